The van der Waals surface area contributed by atoms with E-state index in [1.54, 1.807) is 6.07 Å². The first-order valence-electron chi connectivity index (χ1n) is 7.74. The summed E-state index contributed by atoms with van der Waals surface area (Å²) in [5.74, 6) is 0.863. The predicted molar refractivity (Wildman–Crippen MR) is 96.9 cm³/mol. The number of nitrogens with zero attached hydrogens (tertiary/aromatic N) is 3. The highest BCUT2D eigenvalue weighted by atomic mass is 35.5. The SMILES string of the molecule is Clc1ccc([C@@H]2CN(c3cnc4ccccc4n3)CCO2)cc1Cl. The lowest BCUT2D eigenvalue weighted by Gasteiger charge is -2.34. The van der Waals surface area contributed by atoms with Crippen LogP contribution in [0.1, 0.15) is 11.7 Å². The fraction of sp³-hybridized carbons (Fsp3) is 0.222. The van der Waals surface area contributed by atoms with Crippen LogP contribution in [-0.2, 0) is 4.74 Å². The zero-order chi connectivity index (χ0) is 16.5. The Kier molecular flexibility index (Phi) is 4.27. The van der Waals surface area contributed by atoms with Crippen molar-refractivity contribution >= 4 is 40.1 Å². The van der Waals surface area contributed by atoms with Crippen molar-refractivity contribution < 1.29 is 4.74 Å². The molecule has 1 aliphatic rings. The van der Waals surface area contributed by atoms with Gasteiger partial charge in [-0.1, -0.05) is 41.4 Å². The molecule has 0 unspecified atom stereocenters. The van der Waals surface area contributed by atoms with E-state index in [1.165, 1.54) is 0 Å². The van der Waals surface area contributed by atoms with Crippen LogP contribution in [0, 0.1) is 0 Å². The molecule has 0 radical (unpaired) electrons. The van der Waals surface area contributed by atoms with Crippen molar-refractivity contribution in [2.45, 2.75) is 6.10 Å². The van der Waals surface area contributed by atoms with E-state index in [-0.39, 0.29) is 6.10 Å². The summed E-state index contributed by atoms with van der Waals surface area (Å²) in [4.78, 5) is 11.4. The van der Waals surface area contributed by atoms with Crippen LogP contribution in [0.25, 0.3) is 11.0 Å². The van der Waals surface area contributed by atoms with Gasteiger partial charge in [-0.05, 0) is 29.8 Å². The maximum atomic E-state index is 6.13. The lowest BCUT2D eigenvalue weighted by Crippen LogP contribution is -2.38. The molecule has 3 aromatic rings. The summed E-state index contributed by atoms with van der Waals surface area (Å²) < 4.78 is 5.91. The molecule has 122 valence electrons. The summed E-state index contributed by atoms with van der Waals surface area (Å²) in [6.07, 6.45) is 1.75. The summed E-state index contributed by atoms with van der Waals surface area (Å²) in [7, 11) is 0. The average Bonchev–Trinajstić information content (AvgIpc) is 2.64. The van der Waals surface area contributed by atoms with Crippen LogP contribution in [0.3, 0.4) is 0 Å². The van der Waals surface area contributed by atoms with Gasteiger partial charge < -0.3 is 9.64 Å². The van der Waals surface area contributed by atoms with E-state index in [1.807, 2.05) is 42.6 Å². The quantitative estimate of drug-likeness (QED) is 0.674. The molecule has 1 atom stereocenters. The third-order valence-electron chi connectivity index (χ3n) is 4.14. The highest BCUT2D eigenvalue weighted by Gasteiger charge is 2.23. The number of hydrogen-bond acceptors (Lipinski definition) is 4. The first-order valence-corrected chi connectivity index (χ1v) is 8.49. The van der Waals surface area contributed by atoms with Crippen LogP contribution in [-0.4, -0.2) is 29.7 Å². The molecule has 0 amide bonds. The highest BCUT2D eigenvalue weighted by Crippen LogP contribution is 2.30. The Hall–Kier alpha value is -1.88. The Bertz CT molecular complexity index is 887. The minimum absolute atomic E-state index is 0.0678. The second kappa shape index (κ2) is 6.55. The molecule has 4 rings (SSSR count). The van der Waals surface area contributed by atoms with Gasteiger partial charge in [0.25, 0.3) is 0 Å². The van der Waals surface area contributed by atoms with Crippen LogP contribution in [0.2, 0.25) is 10.0 Å². The molecular formula is C18H15Cl2N3O. The summed E-state index contributed by atoms with van der Waals surface area (Å²) in [5.41, 5.74) is 2.81. The Labute approximate surface area is 150 Å². The van der Waals surface area contributed by atoms with Crippen LogP contribution in [0.15, 0.2) is 48.7 Å². The van der Waals surface area contributed by atoms with Gasteiger partial charge >= 0.3 is 0 Å². The molecule has 1 fully saturated rings. The van der Waals surface area contributed by atoms with Crippen molar-refractivity contribution in [1.82, 2.24) is 9.97 Å². The standard InChI is InChI=1S/C18H15Cl2N3O/c19-13-6-5-12(9-14(13)20)17-11-23(7-8-24-17)18-10-21-15-3-1-2-4-16(15)22-18/h1-6,9-10,17H,7-8,11H2/t17-/m0/s1. The summed E-state index contributed by atoms with van der Waals surface area (Å²) in [5, 5.41) is 1.09. The van der Waals surface area contributed by atoms with Crippen molar-refractivity contribution in [3.63, 3.8) is 0 Å². The van der Waals surface area contributed by atoms with Crippen LogP contribution < -0.4 is 4.90 Å². The van der Waals surface area contributed by atoms with Crippen molar-refractivity contribution in [1.29, 1.82) is 0 Å². The Morgan fingerprint density at radius 2 is 1.88 bits per heavy atom. The van der Waals surface area contributed by atoms with E-state index < -0.39 is 0 Å². The highest BCUT2D eigenvalue weighted by molar-refractivity contribution is 6.42. The lowest BCUT2D eigenvalue weighted by molar-refractivity contribution is 0.0395. The second-order valence-corrected chi connectivity index (χ2v) is 6.51. The lowest BCUT2D eigenvalue weighted by atomic mass is 10.1. The molecule has 1 saturated heterocycles. The van der Waals surface area contributed by atoms with Crippen molar-refractivity contribution in [2.24, 2.45) is 0 Å². The molecule has 4 nitrogen and oxygen atoms in total. The first-order chi connectivity index (χ1) is 11.7. The molecule has 6 heteroatoms. The van der Waals surface area contributed by atoms with E-state index in [2.05, 4.69) is 9.88 Å². The molecule has 0 saturated carbocycles. The summed E-state index contributed by atoms with van der Waals surface area (Å²) >= 11 is 12.1. The molecule has 0 bridgehead atoms. The Balaban J connectivity index is 1.60. The molecule has 1 aromatic heterocycles. The number of rotatable bonds is 2. The monoisotopic (exact) mass is 359 g/mol. The van der Waals surface area contributed by atoms with E-state index >= 15 is 0 Å². The zero-order valence-corrected chi connectivity index (χ0v) is 14.3. The molecule has 0 N–H and O–H groups in total. The number of ether oxygens (including phenoxy) is 1. The second-order valence-electron chi connectivity index (χ2n) is 5.70. The van der Waals surface area contributed by atoms with Crippen molar-refractivity contribution in [2.75, 3.05) is 24.6 Å². The molecule has 1 aliphatic heterocycles. The third kappa shape index (κ3) is 3.05. The normalized spacial score (nSPS) is 18.1. The number of hydrogen-bond donors (Lipinski definition) is 0. The minimum Gasteiger partial charge on any atom is -0.370 e. The fourth-order valence-corrected chi connectivity index (χ4v) is 3.18. The topological polar surface area (TPSA) is 38.2 Å². The number of fused-ring (bicyclic) bond motifs is 1. The Morgan fingerprint density at radius 1 is 1.04 bits per heavy atom. The van der Waals surface area contributed by atoms with Gasteiger partial charge in [-0.15, -0.1) is 0 Å². The molecule has 24 heavy (non-hydrogen) atoms. The molecule has 0 aliphatic carbocycles. The van der Waals surface area contributed by atoms with Gasteiger partial charge in [0.15, 0.2) is 0 Å². The third-order valence-corrected chi connectivity index (χ3v) is 4.88. The number of aromatic nitrogens is 2. The number of para-hydroxylation sites is 2. The van der Waals surface area contributed by atoms with Crippen molar-refractivity contribution in [3.05, 3.63) is 64.3 Å². The van der Waals surface area contributed by atoms with Gasteiger partial charge in [-0.2, -0.15) is 0 Å². The van der Waals surface area contributed by atoms with E-state index in [4.69, 9.17) is 32.9 Å². The summed E-state index contributed by atoms with van der Waals surface area (Å²) in [6, 6.07) is 13.5. The van der Waals surface area contributed by atoms with Gasteiger partial charge in [-0.25, -0.2) is 4.98 Å². The predicted octanol–water partition coefficient (Wildman–Crippen LogP) is 4.51. The fourth-order valence-electron chi connectivity index (χ4n) is 2.87. The summed E-state index contributed by atoms with van der Waals surface area (Å²) in [6.45, 7) is 2.11. The molecule has 2 heterocycles. The number of halogens is 2. The van der Waals surface area contributed by atoms with E-state index in [9.17, 15) is 0 Å². The van der Waals surface area contributed by atoms with Gasteiger partial charge in [0.1, 0.15) is 11.9 Å². The maximum absolute atomic E-state index is 6.13. The van der Waals surface area contributed by atoms with Gasteiger partial charge in [0.2, 0.25) is 0 Å². The van der Waals surface area contributed by atoms with Gasteiger partial charge in [-0.3, -0.25) is 4.98 Å². The first kappa shape index (κ1) is 15.6. The van der Waals surface area contributed by atoms with Crippen molar-refractivity contribution in [3.8, 4) is 0 Å². The van der Waals surface area contributed by atoms with Gasteiger partial charge in [0, 0.05) is 13.1 Å². The number of morpholine rings is 1. The number of benzene rings is 2. The van der Waals surface area contributed by atoms with Crippen LogP contribution >= 0.6 is 23.2 Å². The molecule has 2 aromatic carbocycles. The molecular weight excluding hydrogens is 345 g/mol. The van der Waals surface area contributed by atoms with Crippen LogP contribution in [0.4, 0.5) is 5.82 Å². The largest absolute Gasteiger partial charge is 0.370 e. The maximum Gasteiger partial charge on any atom is 0.148 e. The van der Waals surface area contributed by atoms with Gasteiger partial charge in [0.05, 0.1) is 33.9 Å². The number of anilines is 1. The van der Waals surface area contributed by atoms with Crippen LogP contribution in [0.5, 0.6) is 0 Å². The van der Waals surface area contributed by atoms with E-state index in [0.717, 1.165) is 29.0 Å². The zero-order valence-electron chi connectivity index (χ0n) is 12.8. The smallest absolute Gasteiger partial charge is 0.148 e. The van der Waals surface area contributed by atoms with E-state index in [0.29, 0.717) is 23.2 Å². The minimum atomic E-state index is -0.0678. The Morgan fingerprint density at radius 3 is 2.71 bits per heavy atom. The average molecular weight is 360 g/mol. The molecule has 0 spiro atoms.